The van der Waals surface area contributed by atoms with Gasteiger partial charge in [-0.25, -0.2) is 4.79 Å². The maximum atomic E-state index is 12.1. The molecular formula is C30H33N3O3. The highest BCUT2D eigenvalue weighted by molar-refractivity contribution is 6.54. The van der Waals surface area contributed by atoms with E-state index in [1.54, 1.807) is 25.3 Å². The molecule has 186 valence electrons. The second kappa shape index (κ2) is 12.2. The largest absolute Gasteiger partial charge is 0.493 e. The third kappa shape index (κ3) is 6.60. The quantitative estimate of drug-likeness (QED) is 0.319. The van der Waals surface area contributed by atoms with Crippen LogP contribution < -0.4 is 14.8 Å². The van der Waals surface area contributed by atoms with Crippen molar-refractivity contribution in [2.45, 2.75) is 44.7 Å². The number of unbranched alkanes of at least 4 members (excludes halogenated alkanes) is 3. The van der Waals surface area contributed by atoms with Gasteiger partial charge in [-0.2, -0.15) is 0 Å². The van der Waals surface area contributed by atoms with Crippen LogP contribution in [-0.2, 0) is 0 Å². The van der Waals surface area contributed by atoms with Crippen molar-refractivity contribution in [2.24, 2.45) is 9.98 Å². The molecule has 0 saturated carbocycles. The van der Waals surface area contributed by atoms with Crippen molar-refractivity contribution >= 4 is 17.5 Å². The fraction of sp³-hybridized carbons (Fsp3) is 0.300. The van der Waals surface area contributed by atoms with Crippen molar-refractivity contribution in [1.82, 2.24) is 5.32 Å². The van der Waals surface area contributed by atoms with Gasteiger partial charge < -0.3 is 14.8 Å². The molecular weight excluding hydrogens is 450 g/mol. The van der Waals surface area contributed by atoms with Crippen LogP contribution in [0.2, 0.25) is 0 Å². The van der Waals surface area contributed by atoms with Crippen LogP contribution in [0, 0.1) is 0 Å². The molecule has 0 aliphatic carbocycles. The minimum absolute atomic E-state index is 0.410. The first kappa shape index (κ1) is 25.2. The third-order valence-corrected chi connectivity index (χ3v) is 6.14. The Balaban J connectivity index is 1.24. The predicted molar refractivity (Wildman–Crippen MR) is 144 cm³/mol. The zero-order chi connectivity index (χ0) is 25.2. The average molecular weight is 484 g/mol. The van der Waals surface area contributed by atoms with Crippen molar-refractivity contribution in [2.75, 3.05) is 13.7 Å². The zero-order valence-electron chi connectivity index (χ0n) is 20.9. The van der Waals surface area contributed by atoms with E-state index in [-0.39, 0.29) is 0 Å². The Kier molecular flexibility index (Phi) is 8.50. The van der Waals surface area contributed by atoms with Crippen LogP contribution in [0.15, 0.2) is 94.9 Å². The molecule has 3 aromatic rings. The maximum Gasteiger partial charge on any atom is 0.412 e. The summed E-state index contributed by atoms with van der Waals surface area (Å²) in [4.78, 5) is 22.2. The minimum Gasteiger partial charge on any atom is -0.493 e. The molecule has 0 radical (unpaired) electrons. The van der Waals surface area contributed by atoms with E-state index < -0.39 is 11.8 Å². The van der Waals surface area contributed by atoms with Gasteiger partial charge in [0.15, 0.2) is 11.5 Å². The number of ether oxygens (including phenoxy) is 2. The molecule has 36 heavy (non-hydrogen) atoms. The highest BCUT2D eigenvalue weighted by Gasteiger charge is 2.32. The van der Waals surface area contributed by atoms with Crippen molar-refractivity contribution in [3.63, 3.8) is 0 Å². The fourth-order valence-corrected chi connectivity index (χ4v) is 4.29. The molecule has 0 fully saturated rings. The van der Waals surface area contributed by atoms with E-state index in [0.29, 0.717) is 18.0 Å². The molecule has 1 heterocycles. The number of benzene rings is 3. The number of hydrogen-bond donors (Lipinski definition) is 1. The maximum absolute atomic E-state index is 12.1. The van der Waals surface area contributed by atoms with Gasteiger partial charge in [0.05, 0.1) is 18.5 Å². The first-order chi connectivity index (χ1) is 17.6. The Bertz CT molecular complexity index is 1150. The van der Waals surface area contributed by atoms with Gasteiger partial charge in [0.1, 0.15) is 5.66 Å². The highest BCUT2D eigenvalue weighted by atomic mass is 16.6. The molecule has 0 spiro atoms. The predicted octanol–water partition coefficient (Wildman–Crippen LogP) is 6.44. The van der Waals surface area contributed by atoms with Crippen LogP contribution in [0.3, 0.4) is 0 Å². The van der Waals surface area contributed by atoms with Gasteiger partial charge in [-0.15, -0.1) is 0 Å². The Morgan fingerprint density at radius 1 is 0.750 bits per heavy atom. The van der Waals surface area contributed by atoms with E-state index in [1.165, 1.54) is 0 Å². The Morgan fingerprint density at radius 2 is 1.28 bits per heavy atom. The number of methoxy groups -OCH3 is 1. The zero-order valence-corrected chi connectivity index (χ0v) is 20.9. The molecule has 4 rings (SSSR count). The van der Waals surface area contributed by atoms with Gasteiger partial charge in [-0.05, 0) is 38.3 Å². The second-order valence-electron chi connectivity index (χ2n) is 9.00. The molecule has 0 saturated heterocycles. The lowest BCUT2D eigenvalue weighted by atomic mass is 10.0. The molecule has 1 aliphatic heterocycles. The number of aliphatic imine (C=N–C) groups is 2. The summed E-state index contributed by atoms with van der Waals surface area (Å²) >= 11 is 0. The number of nitrogens with zero attached hydrogens (tertiary/aromatic N) is 2. The monoisotopic (exact) mass is 483 g/mol. The van der Waals surface area contributed by atoms with E-state index in [9.17, 15) is 4.79 Å². The Labute approximate surface area is 213 Å². The normalized spacial score (nSPS) is 14.1. The number of nitrogens with one attached hydrogen (secondary N) is 1. The summed E-state index contributed by atoms with van der Waals surface area (Å²) < 4.78 is 10.5. The molecule has 1 aliphatic rings. The molecule has 0 atom stereocenters. The van der Waals surface area contributed by atoms with Crippen molar-refractivity contribution in [1.29, 1.82) is 0 Å². The summed E-state index contributed by atoms with van der Waals surface area (Å²) in [6, 6.07) is 27.7. The van der Waals surface area contributed by atoms with Gasteiger partial charge in [-0.1, -0.05) is 85.6 Å². The summed E-state index contributed by atoms with van der Waals surface area (Å²) in [7, 11) is 1.55. The smallest absolute Gasteiger partial charge is 0.412 e. The fourth-order valence-electron chi connectivity index (χ4n) is 4.29. The topological polar surface area (TPSA) is 72.3 Å². The van der Waals surface area contributed by atoms with Crippen LogP contribution in [0.1, 0.15) is 50.2 Å². The number of rotatable bonds is 11. The van der Waals surface area contributed by atoms with Crippen LogP contribution in [0.5, 0.6) is 11.5 Å². The Morgan fingerprint density at radius 3 is 1.86 bits per heavy atom. The van der Waals surface area contributed by atoms with E-state index in [2.05, 4.69) is 36.5 Å². The number of hydrogen-bond acceptors (Lipinski definition) is 5. The van der Waals surface area contributed by atoms with Crippen LogP contribution in [0.25, 0.3) is 0 Å². The summed E-state index contributed by atoms with van der Waals surface area (Å²) in [5.41, 5.74) is 3.64. The van der Waals surface area contributed by atoms with Gasteiger partial charge in [0, 0.05) is 17.7 Å². The Hall–Kier alpha value is -3.93. The lowest BCUT2D eigenvalue weighted by Gasteiger charge is -2.17. The van der Waals surface area contributed by atoms with Gasteiger partial charge in [0.2, 0.25) is 0 Å². The van der Waals surface area contributed by atoms with E-state index >= 15 is 0 Å². The molecule has 1 N–H and O–H groups in total. The molecule has 0 unspecified atom stereocenters. The number of para-hydroxylation sites is 2. The number of carbonyl (C=O) groups excluding carboxylic acids is 1. The van der Waals surface area contributed by atoms with Gasteiger partial charge >= 0.3 is 6.09 Å². The SMILES string of the molecule is COc1ccccc1OC(=O)NCCCCCCC1(C)N=C(c2ccccc2)C(c2ccccc2)=N1. The van der Waals surface area contributed by atoms with Crippen LogP contribution in [0.4, 0.5) is 4.79 Å². The molecule has 6 nitrogen and oxygen atoms in total. The average Bonchev–Trinajstić information content (AvgIpc) is 3.27. The summed E-state index contributed by atoms with van der Waals surface area (Å²) in [5.74, 6) is 0.942. The summed E-state index contributed by atoms with van der Waals surface area (Å²) in [6.45, 7) is 2.68. The highest BCUT2D eigenvalue weighted by Crippen LogP contribution is 2.30. The van der Waals surface area contributed by atoms with Crippen LogP contribution in [-0.4, -0.2) is 36.8 Å². The van der Waals surface area contributed by atoms with E-state index in [4.69, 9.17) is 19.5 Å². The van der Waals surface area contributed by atoms with Gasteiger partial charge in [-0.3, -0.25) is 9.98 Å². The first-order valence-electron chi connectivity index (χ1n) is 12.5. The van der Waals surface area contributed by atoms with Crippen LogP contribution >= 0.6 is 0 Å². The van der Waals surface area contributed by atoms with Gasteiger partial charge in [0.25, 0.3) is 0 Å². The van der Waals surface area contributed by atoms with E-state index in [0.717, 1.165) is 54.7 Å². The molecule has 6 heteroatoms. The van der Waals surface area contributed by atoms with E-state index in [1.807, 2.05) is 42.5 Å². The lowest BCUT2D eigenvalue weighted by molar-refractivity contribution is 0.198. The molecule has 0 aromatic heterocycles. The van der Waals surface area contributed by atoms with Crippen molar-refractivity contribution in [3.05, 3.63) is 96.1 Å². The number of carbonyl (C=O) groups is 1. The standard InChI is InChI=1S/C30H33N3O3/c1-30(21-13-3-4-14-22-31-29(34)36-26-20-12-11-19-25(26)35-2)32-27(23-15-7-5-8-16-23)28(33-30)24-17-9-6-10-18-24/h5-12,15-20H,3-4,13-14,21-22H2,1-2H3,(H,31,34). The van der Waals surface area contributed by atoms with Crippen molar-refractivity contribution < 1.29 is 14.3 Å². The third-order valence-electron chi connectivity index (χ3n) is 6.14. The second-order valence-corrected chi connectivity index (χ2v) is 9.00. The van der Waals surface area contributed by atoms with Crippen molar-refractivity contribution in [3.8, 4) is 11.5 Å². The molecule has 0 bridgehead atoms. The summed E-state index contributed by atoms with van der Waals surface area (Å²) in [5, 5.41) is 2.81. The number of amides is 1. The molecule has 1 amide bonds. The molecule has 3 aromatic carbocycles. The summed E-state index contributed by atoms with van der Waals surface area (Å²) in [6.07, 6.45) is 4.36. The lowest BCUT2D eigenvalue weighted by Crippen LogP contribution is -2.27. The first-order valence-corrected chi connectivity index (χ1v) is 12.5. The minimum atomic E-state index is -0.469.